The molecule has 5 saturated heterocycles. The van der Waals surface area contributed by atoms with Gasteiger partial charge in [-0.2, -0.15) is 10.1 Å². The fourth-order valence-corrected chi connectivity index (χ4v) is 11.6. The zero-order chi connectivity index (χ0) is 34.2. The Hall–Kier alpha value is -0.126. The van der Waals surface area contributed by atoms with Crippen LogP contribution < -0.4 is 0 Å². The van der Waals surface area contributed by atoms with E-state index >= 15 is 0 Å². The number of nitrogens with zero attached hydrogens (tertiary/aromatic N) is 2. The maximum absolute atomic E-state index is 10.4. The van der Waals surface area contributed by atoms with Crippen molar-refractivity contribution in [2.24, 2.45) is 0 Å². The van der Waals surface area contributed by atoms with E-state index in [1.54, 1.807) is 0 Å². The highest BCUT2D eigenvalue weighted by molar-refractivity contribution is 6.55. The molecular weight excluding hydrogens is 637 g/mol. The Morgan fingerprint density at radius 3 is 1.43 bits per heavy atom. The fourth-order valence-electron chi connectivity index (χ4n) is 7.44. The average Bonchev–Trinajstić information content (AvgIpc) is 3.47. The van der Waals surface area contributed by atoms with Crippen molar-refractivity contribution in [3.63, 3.8) is 0 Å². The minimum Gasteiger partial charge on any atom is -0.370 e. The quantitative estimate of drug-likeness (QED) is 0.318. The second-order valence-electron chi connectivity index (χ2n) is 15.3. The summed E-state index contributed by atoms with van der Waals surface area (Å²) in [5.74, 6) is -0.851. The first-order valence-corrected chi connectivity index (χ1v) is 20.0. The number of piperidine rings is 2. The summed E-state index contributed by atoms with van der Waals surface area (Å²) in [7, 11) is -5.94. The molecule has 5 aliphatic heterocycles. The van der Waals surface area contributed by atoms with Crippen LogP contribution in [0.1, 0.15) is 102 Å². The molecule has 5 fully saturated rings. The van der Waals surface area contributed by atoms with Crippen LogP contribution in [0, 0.1) is 0 Å². The van der Waals surface area contributed by atoms with Gasteiger partial charge in [0.25, 0.3) is 0 Å². The van der Waals surface area contributed by atoms with E-state index in [0.29, 0.717) is 59.1 Å². The van der Waals surface area contributed by atoms with E-state index in [9.17, 15) is 10.4 Å². The van der Waals surface area contributed by atoms with Crippen molar-refractivity contribution in [3.05, 3.63) is 0 Å². The Labute approximate surface area is 277 Å². The Balaban J connectivity index is 0.000000209. The van der Waals surface area contributed by atoms with Gasteiger partial charge in [-0.25, -0.2) is 0 Å². The minimum absolute atomic E-state index is 0.0369. The molecule has 2 bridgehead atoms. The molecule has 270 valence electrons. The molecule has 0 radical (unpaired) electrons. The first kappa shape index (κ1) is 38.7. The van der Waals surface area contributed by atoms with Crippen LogP contribution in [-0.2, 0) is 44.9 Å². The normalized spacial score (nSPS) is 34.4. The third-order valence-electron chi connectivity index (χ3n) is 9.07. The van der Waals surface area contributed by atoms with E-state index in [4.69, 9.17) is 44.9 Å². The molecule has 5 heterocycles. The highest BCUT2D eigenvalue weighted by atomic mass is 28.4. The lowest BCUT2D eigenvalue weighted by atomic mass is 9.80. The molecular formula is C30H60N2O12Si2. The smallest absolute Gasteiger partial charge is 0.370 e. The predicted molar refractivity (Wildman–Crippen MR) is 170 cm³/mol. The lowest BCUT2D eigenvalue weighted by Gasteiger charge is -2.52. The van der Waals surface area contributed by atoms with E-state index in [0.717, 1.165) is 12.8 Å². The van der Waals surface area contributed by atoms with E-state index in [2.05, 4.69) is 0 Å². The third kappa shape index (κ3) is 8.59. The largest absolute Gasteiger partial charge is 0.682 e. The average molecular weight is 697 g/mol. The first-order valence-electron chi connectivity index (χ1n) is 16.8. The molecule has 14 nitrogen and oxygen atoms in total. The van der Waals surface area contributed by atoms with Crippen LogP contribution in [0.25, 0.3) is 0 Å². The Bertz CT molecular complexity index is 958. The van der Waals surface area contributed by atoms with Crippen LogP contribution in [0.15, 0.2) is 0 Å². The summed E-state index contributed by atoms with van der Waals surface area (Å²) in [6, 6.07) is 0. The summed E-state index contributed by atoms with van der Waals surface area (Å²) < 4.78 is 58.1. The standard InChI is InChI=1S/C16H33NO6Si.C14H27NO6Si/c1-7-19-24(20-8-2)21-11-14(12-22-24)23-13-9-15(3,4)17(18)16(5,6)10-13;1-6-17-22-18-9-14(21-22,10-19-22)20-11-7-12(2,3)15(16)13(4,5)8-11/h13-14,18H,7-12H2,1-6H3;11,16H,6-10H2,1-5H3. The van der Waals surface area contributed by atoms with Crippen LogP contribution >= 0.6 is 0 Å². The van der Waals surface area contributed by atoms with Crippen LogP contribution in [-0.4, -0.2) is 131 Å². The maximum Gasteiger partial charge on any atom is 0.682 e. The lowest BCUT2D eigenvalue weighted by Crippen LogP contribution is -2.62. The summed E-state index contributed by atoms with van der Waals surface area (Å²) in [6.07, 6.45) is 2.79. The molecule has 0 atom stereocenters. The lowest BCUT2D eigenvalue weighted by molar-refractivity contribution is -0.287. The van der Waals surface area contributed by atoms with Gasteiger partial charge in [-0.05, 0) is 102 Å². The van der Waals surface area contributed by atoms with Gasteiger partial charge in [-0.15, -0.1) is 0 Å². The summed E-state index contributed by atoms with van der Waals surface area (Å²) in [5, 5.41) is 23.6. The molecule has 0 amide bonds. The zero-order valence-corrected chi connectivity index (χ0v) is 31.9. The molecule has 46 heavy (non-hydrogen) atoms. The van der Waals surface area contributed by atoms with E-state index in [-0.39, 0.29) is 40.5 Å². The topological polar surface area (TPSA) is 139 Å². The van der Waals surface area contributed by atoms with Crippen molar-refractivity contribution >= 4 is 18.1 Å². The highest BCUT2D eigenvalue weighted by Crippen LogP contribution is 2.44. The van der Waals surface area contributed by atoms with Gasteiger partial charge in [-0.1, -0.05) is 0 Å². The van der Waals surface area contributed by atoms with Gasteiger partial charge >= 0.3 is 18.1 Å². The van der Waals surface area contributed by atoms with Crippen molar-refractivity contribution in [1.29, 1.82) is 0 Å². The van der Waals surface area contributed by atoms with Crippen LogP contribution in [0.2, 0.25) is 0 Å². The summed E-state index contributed by atoms with van der Waals surface area (Å²) in [4.78, 5) is 0. The second kappa shape index (κ2) is 14.2. The summed E-state index contributed by atoms with van der Waals surface area (Å²) in [5.41, 5.74) is -1.40. The van der Waals surface area contributed by atoms with E-state index < -0.39 is 23.9 Å². The number of hydrogen-bond donors (Lipinski definition) is 2. The minimum atomic E-state index is -2.99. The number of ether oxygens (including phenoxy) is 2. The molecule has 0 aromatic carbocycles. The van der Waals surface area contributed by atoms with Crippen LogP contribution in [0.5, 0.6) is 0 Å². The van der Waals surface area contributed by atoms with Crippen molar-refractivity contribution in [2.75, 3.05) is 46.2 Å². The number of hydrogen-bond acceptors (Lipinski definition) is 14. The fraction of sp³-hybridized carbons (Fsp3) is 1.00. The molecule has 0 saturated carbocycles. The van der Waals surface area contributed by atoms with Crippen molar-refractivity contribution < 1.29 is 55.3 Å². The molecule has 0 aliphatic carbocycles. The first-order chi connectivity index (χ1) is 21.3. The van der Waals surface area contributed by atoms with Gasteiger partial charge in [0, 0.05) is 42.0 Å². The number of hydroxylamine groups is 4. The highest BCUT2D eigenvalue weighted by Gasteiger charge is 2.68. The molecule has 2 N–H and O–H groups in total. The SMILES string of the molecule is CCO[Si]1(OCC)OCC(OC2CC(C)(C)N(O)C(C)(C)C2)CO1.CCO[Si]12OCC(OC3CC(C)(C)N(O)C(C)(C)C3)(CO1)O2. The van der Waals surface area contributed by atoms with Gasteiger partial charge in [-0.3, -0.25) is 0 Å². The van der Waals surface area contributed by atoms with Crippen LogP contribution in [0.4, 0.5) is 0 Å². The van der Waals surface area contributed by atoms with Crippen molar-refractivity contribution in [2.45, 2.75) is 148 Å². The molecule has 0 aromatic heterocycles. The second-order valence-corrected chi connectivity index (χ2v) is 19.5. The maximum atomic E-state index is 10.4. The molecule has 0 aromatic rings. The summed E-state index contributed by atoms with van der Waals surface area (Å²) >= 11 is 0. The monoisotopic (exact) mass is 696 g/mol. The molecule has 5 rings (SSSR count). The summed E-state index contributed by atoms with van der Waals surface area (Å²) in [6.45, 7) is 24.8. The zero-order valence-electron chi connectivity index (χ0n) is 29.9. The predicted octanol–water partition coefficient (Wildman–Crippen LogP) is 4.00. The molecule has 0 unspecified atom stereocenters. The van der Waals surface area contributed by atoms with Crippen molar-refractivity contribution in [1.82, 2.24) is 10.1 Å². The van der Waals surface area contributed by atoms with Gasteiger partial charge in [0.2, 0.25) is 5.79 Å². The number of rotatable bonds is 10. The molecule has 5 aliphatic rings. The van der Waals surface area contributed by atoms with Gasteiger partial charge < -0.3 is 55.3 Å². The third-order valence-corrected chi connectivity index (χ3v) is 13.7. The Kier molecular flexibility index (Phi) is 12.0. The van der Waals surface area contributed by atoms with Crippen molar-refractivity contribution in [3.8, 4) is 0 Å². The Morgan fingerprint density at radius 2 is 1.02 bits per heavy atom. The molecule has 0 spiro atoms. The van der Waals surface area contributed by atoms with Gasteiger partial charge in [0.15, 0.2) is 0 Å². The van der Waals surface area contributed by atoms with E-state index in [1.807, 2.05) is 76.2 Å². The number of fused-ring (bicyclic) bond motifs is 2. The van der Waals surface area contributed by atoms with E-state index in [1.165, 1.54) is 10.1 Å². The molecule has 16 heteroatoms. The Morgan fingerprint density at radius 1 is 0.609 bits per heavy atom. The van der Waals surface area contributed by atoms with Gasteiger partial charge in [0.05, 0.1) is 38.6 Å². The van der Waals surface area contributed by atoms with Gasteiger partial charge in [0.1, 0.15) is 6.10 Å². The van der Waals surface area contributed by atoms with Crippen LogP contribution in [0.3, 0.4) is 0 Å².